The van der Waals surface area contributed by atoms with Gasteiger partial charge in [0.25, 0.3) is 0 Å². The van der Waals surface area contributed by atoms with Crippen LogP contribution in [0.5, 0.6) is 0 Å². The van der Waals surface area contributed by atoms with Crippen LogP contribution in [0.4, 0.5) is 30.2 Å². The molecular weight excluding hydrogens is 347 g/mol. The van der Waals surface area contributed by atoms with Crippen LogP contribution in [0.2, 0.25) is 0 Å². The molecule has 0 bridgehead atoms. The Morgan fingerprint density at radius 2 is 2.15 bits per heavy atom. The van der Waals surface area contributed by atoms with Crippen molar-refractivity contribution in [3.05, 3.63) is 18.2 Å². The van der Waals surface area contributed by atoms with Crippen molar-refractivity contribution < 1.29 is 22.7 Å². The Hall–Kier alpha value is -2.09. The van der Waals surface area contributed by atoms with Crippen molar-refractivity contribution in [2.24, 2.45) is 10.9 Å². The maximum Gasteiger partial charge on any atom is 0.426 e. The number of hydrogen-bond acceptors (Lipinski definition) is 4. The van der Waals surface area contributed by atoms with Gasteiger partial charge in [0.1, 0.15) is 6.21 Å². The summed E-state index contributed by atoms with van der Waals surface area (Å²) in [5.74, 6) is 0.187. The van der Waals surface area contributed by atoms with Crippen molar-refractivity contribution in [2.75, 3.05) is 37.0 Å². The molecule has 0 radical (unpaired) electrons. The average Bonchev–Trinajstić information content (AvgIpc) is 2.85. The SMILES string of the molecule is CC(=O)N(C)c1ccc(NCC2CCCOCC2)c(N=CC(F)(F)F)c1. The third kappa shape index (κ3) is 6.33. The topological polar surface area (TPSA) is 53.9 Å². The number of alkyl halides is 3. The average molecular weight is 371 g/mol. The minimum atomic E-state index is -4.50. The van der Waals surface area contributed by atoms with Crippen molar-refractivity contribution >= 4 is 29.2 Å². The maximum atomic E-state index is 12.5. The monoisotopic (exact) mass is 371 g/mol. The molecule has 1 unspecified atom stereocenters. The third-order valence-electron chi connectivity index (χ3n) is 4.34. The minimum absolute atomic E-state index is 0.0372. The Balaban J connectivity index is 2.19. The summed E-state index contributed by atoms with van der Waals surface area (Å²) in [5, 5.41) is 3.20. The number of aliphatic imine (C=N–C) groups is 1. The number of benzene rings is 1. The highest BCUT2D eigenvalue weighted by Gasteiger charge is 2.24. The van der Waals surface area contributed by atoms with Crippen LogP contribution in [0.1, 0.15) is 26.2 Å². The molecule has 1 aromatic carbocycles. The number of halogens is 3. The fourth-order valence-corrected chi connectivity index (χ4v) is 2.74. The second-order valence-corrected chi connectivity index (χ2v) is 6.37. The molecule has 1 atom stereocenters. The maximum absolute atomic E-state index is 12.5. The van der Waals surface area contributed by atoms with E-state index in [0.29, 0.717) is 30.4 Å². The molecular formula is C18H24F3N3O2. The Labute approximate surface area is 151 Å². The van der Waals surface area contributed by atoms with Gasteiger partial charge in [0, 0.05) is 39.4 Å². The van der Waals surface area contributed by atoms with Crippen LogP contribution in [0.3, 0.4) is 0 Å². The highest BCUT2D eigenvalue weighted by Crippen LogP contribution is 2.31. The number of nitrogens with zero attached hydrogens (tertiary/aromatic N) is 2. The number of carbonyl (C=O) groups excluding carboxylic acids is 1. The molecule has 0 aromatic heterocycles. The smallest absolute Gasteiger partial charge is 0.383 e. The Morgan fingerprint density at radius 3 is 2.85 bits per heavy atom. The molecule has 1 saturated heterocycles. The van der Waals surface area contributed by atoms with Crippen molar-refractivity contribution in [1.82, 2.24) is 0 Å². The molecule has 8 heteroatoms. The van der Waals surface area contributed by atoms with E-state index >= 15 is 0 Å². The van der Waals surface area contributed by atoms with Gasteiger partial charge in [-0.15, -0.1) is 0 Å². The fraction of sp³-hybridized carbons (Fsp3) is 0.556. The van der Waals surface area contributed by atoms with Gasteiger partial charge in [-0.05, 0) is 43.4 Å². The van der Waals surface area contributed by atoms with E-state index in [-0.39, 0.29) is 17.8 Å². The van der Waals surface area contributed by atoms with Gasteiger partial charge in [0.2, 0.25) is 5.91 Å². The summed E-state index contributed by atoms with van der Waals surface area (Å²) in [4.78, 5) is 16.4. The van der Waals surface area contributed by atoms with Gasteiger partial charge >= 0.3 is 6.18 Å². The largest absolute Gasteiger partial charge is 0.426 e. The van der Waals surface area contributed by atoms with Crippen molar-refractivity contribution in [2.45, 2.75) is 32.4 Å². The zero-order chi connectivity index (χ0) is 19.2. The van der Waals surface area contributed by atoms with Gasteiger partial charge < -0.3 is 15.0 Å². The number of rotatable bonds is 5. The lowest BCUT2D eigenvalue weighted by Gasteiger charge is -2.19. The lowest BCUT2D eigenvalue weighted by molar-refractivity contribution is -0.116. The van der Waals surface area contributed by atoms with E-state index in [0.717, 1.165) is 25.9 Å². The number of nitrogens with one attached hydrogen (secondary N) is 1. The van der Waals surface area contributed by atoms with Gasteiger partial charge in [-0.2, -0.15) is 13.2 Å². The first-order chi connectivity index (χ1) is 12.3. The van der Waals surface area contributed by atoms with Crippen LogP contribution in [0.15, 0.2) is 23.2 Å². The van der Waals surface area contributed by atoms with Crippen molar-refractivity contribution in [3.8, 4) is 0 Å². The molecule has 1 amide bonds. The summed E-state index contributed by atoms with van der Waals surface area (Å²) in [6.07, 6.45) is -1.63. The summed E-state index contributed by atoms with van der Waals surface area (Å²) in [6, 6.07) is 4.82. The molecule has 0 aliphatic carbocycles. The Bertz CT molecular complexity index is 639. The molecule has 1 aliphatic heterocycles. The fourth-order valence-electron chi connectivity index (χ4n) is 2.74. The quantitative estimate of drug-likeness (QED) is 0.791. The number of carbonyl (C=O) groups is 1. The van der Waals surface area contributed by atoms with Gasteiger partial charge in [-0.25, -0.2) is 4.99 Å². The molecule has 1 aliphatic rings. The first-order valence-electron chi connectivity index (χ1n) is 8.58. The highest BCUT2D eigenvalue weighted by atomic mass is 19.4. The standard InChI is InChI=1S/C18H24F3N3O2/c1-13(25)24(2)15-5-6-16(17(10-15)23-12-18(19,20)21)22-11-14-4-3-8-26-9-7-14/h5-6,10,12,14,22H,3-4,7-9,11H2,1-2H3. The Kier molecular flexibility index (Phi) is 7.02. The van der Waals surface area contributed by atoms with E-state index in [9.17, 15) is 18.0 Å². The van der Waals surface area contributed by atoms with Gasteiger partial charge in [-0.1, -0.05) is 0 Å². The molecule has 0 saturated carbocycles. The van der Waals surface area contributed by atoms with E-state index < -0.39 is 6.18 Å². The number of amides is 1. The van der Waals surface area contributed by atoms with Gasteiger partial charge in [-0.3, -0.25) is 4.79 Å². The first kappa shape index (κ1) is 20.2. The zero-order valence-corrected chi connectivity index (χ0v) is 15.0. The molecule has 26 heavy (non-hydrogen) atoms. The molecule has 5 nitrogen and oxygen atoms in total. The summed E-state index contributed by atoms with van der Waals surface area (Å²) in [7, 11) is 1.56. The molecule has 2 rings (SSSR count). The van der Waals surface area contributed by atoms with Crippen molar-refractivity contribution in [3.63, 3.8) is 0 Å². The minimum Gasteiger partial charge on any atom is -0.383 e. The van der Waals surface area contributed by atoms with E-state index in [1.807, 2.05) is 0 Å². The van der Waals surface area contributed by atoms with Crippen LogP contribution in [-0.2, 0) is 9.53 Å². The van der Waals surface area contributed by atoms with E-state index in [2.05, 4.69) is 10.3 Å². The number of hydrogen-bond donors (Lipinski definition) is 1. The summed E-state index contributed by atoms with van der Waals surface area (Å²) >= 11 is 0. The third-order valence-corrected chi connectivity index (χ3v) is 4.34. The molecule has 1 aromatic rings. The van der Waals surface area contributed by atoms with Crippen LogP contribution in [0.25, 0.3) is 0 Å². The van der Waals surface area contributed by atoms with E-state index in [4.69, 9.17) is 4.74 Å². The number of anilines is 2. The predicted molar refractivity (Wildman–Crippen MR) is 96.4 cm³/mol. The van der Waals surface area contributed by atoms with Crippen LogP contribution < -0.4 is 10.2 Å². The van der Waals surface area contributed by atoms with E-state index in [1.165, 1.54) is 17.9 Å². The lowest BCUT2D eigenvalue weighted by atomic mass is 10.0. The van der Waals surface area contributed by atoms with Gasteiger partial charge in [0.15, 0.2) is 0 Å². The van der Waals surface area contributed by atoms with Crippen LogP contribution in [-0.4, -0.2) is 45.1 Å². The van der Waals surface area contributed by atoms with E-state index in [1.54, 1.807) is 19.2 Å². The number of ether oxygens (including phenoxy) is 1. The van der Waals surface area contributed by atoms with Gasteiger partial charge in [0.05, 0.1) is 11.4 Å². The normalized spacial score (nSPS) is 18.6. The molecule has 0 spiro atoms. The summed E-state index contributed by atoms with van der Waals surface area (Å²) in [5.41, 5.74) is 1.15. The van der Waals surface area contributed by atoms with Crippen LogP contribution >= 0.6 is 0 Å². The molecule has 144 valence electrons. The Morgan fingerprint density at radius 1 is 1.38 bits per heavy atom. The van der Waals surface area contributed by atoms with Crippen LogP contribution in [0, 0.1) is 5.92 Å². The molecule has 1 N–H and O–H groups in total. The lowest BCUT2D eigenvalue weighted by Crippen LogP contribution is -2.22. The summed E-state index contributed by atoms with van der Waals surface area (Å²) in [6.45, 7) is 3.48. The second-order valence-electron chi connectivity index (χ2n) is 6.37. The first-order valence-corrected chi connectivity index (χ1v) is 8.58. The molecule has 1 fully saturated rings. The summed E-state index contributed by atoms with van der Waals surface area (Å²) < 4.78 is 43.0. The van der Waals surface area contributed by atoms with Crippen molar-refractivity contribution in [1.29, 1.82) is 0 Å². The predicted octanol–water partition coefficient (Wildman–Crippen LogP) is 4.16. The molecule has 1 heterocycles. The zero-order valence-electron chi connectivity index (χ0n) is 15.0. The second kappa shape index (κ2) is 9.02. The highest BCUT2D eigenvalue weighted by molar-refractivity contribution is 5.92.